The first kappa shape index (κ1) is 14.9. The van der Waals surface area contributed by atoms with Crippen LogP contribution in [0.1, 0.15) is 45.4 Å². The Hall–Kier alpha value is -1.03. The predicted molar refractivity (Wildman–Crippen MR) is 86.3 cm³/mol. The van der Waals surface area contributed by atoms with E-state index in [4.69, 9.17) is 0 Å². The van der Waals surface area contributed by atoms with Crippen LogP contribution in [0.2, 0.25) is 0 Å². The highest BCUT2D eigenvalue weighted by Gasteiger charge is 2.34. The molecule has 116 valence electrons. The van der Waals surface area contributed by atoms with E-state index in [2.05, 4.69) is 5.32 Å². The van der Waals surface area contributed by atoms with Gasteiger partial charge in [0, 0.05) is 6.04 Å². The molecule has 2 aliphatic rings. The van der Waals surface area contributed by atoms with Crippen LogP contribution in [-0.4, -0.2) is 20.2 Å². The monoisotopic (exact) mass is 307 g/mol. The molecule has 0 spiro atoms. The lowest BCUT2D eigenvalue weighted by atomic mass is 9.82. The molecule has 1 aromatic carbocycles. The highest BCUT2D eigenvalue weighted by atomic mass is 32.2. The van der Waals surface area contributed by atoms with Gasteiger partial charge in [-0.15, -0.1) is 0 Å². The maximum Gasteiger partial charge on any atom is 0.180 e. The van der Waals surface area contributed by atoms with Crippen molar-refractivity contribution in [3.8, 4) is 0 Å². The first-order valence-corrected chi connectivity index (χ1v) is 9.83. The molecule has 0 radical (unpaired) electrons. The average molecular weight is 307 g/mol. The van der Waals surface area contributed by atoms with E-state index < -0.39 is 9.84 Å². The van der Waals surface area contributed by atoms with E-state index in [1.54, 1.807) is 13.0 Å². The number of hydrogen-bond donors (Lipinski definition) is 1. The number of rotatable bonds is 5. The van der Waals surface area contributed by atoms with Gasteiger partial charge in [0.15, 0.2) is 9.84 Å². The maximum atomic E-state index is 12.2. The number of nitrogens with one attached hydrogen (secondary N) is 1. The van der Waals surface area contributed by atoms with Gasteiger partial charge in [-0.1, -0.05) is 31.9 Å². The molecule has 0 saturated heterocycles. The van der Waals surface area contributed by atoms with Crippen LogP contribution >= 0.6 is 0 Å². The molecular formula is C17H25NO2S. The van der Waals surface area contributed by atoms with Crippen LogP contribution in [0.25, 0.3) is 0 Å². The summed E-state index contributed by atoms with van der Waals surface area (Å²) in [6, 6.07) is 7.78. The molecule has 2 saturated carbocycles. The van der Waals surface area contributed by atoms with Crippen LogP contribution in [0.4, 0.5) is 5.69 Å². The summed E-state index contributed by atoms with van der Waals surface area (Å²) in [6.45, 7) is 1.70. The maximum absolute atomic E-state index is 12.2. The molecule has 0 heterocycles. The fourth-order valence-corrected chi connectivity index (χ4v) is 4.65. The zero-order valence-electron chi connectivity index (χ0n) is 12.7. The Bertz CT molecular complexity index is 593. The topological polar surface area (TPSA) is 46.2 Å². The van der Waals surface area contributed by atoms with Gasteiger partial charge in [0.1, 0.15) is 0 Å². The molecule has 2 unspecified atom stereocenters. The number of anilines is 1. The van der Waals surface area contributed by atoms with E-state index in [9.17, 15) is 8.42 Å². The lowest BCUT2D eigenvalue weighted by molar-refractivity contribution is 0.303. The van der Waals surface area contributed by atoms with Crippen LogP contribution in [0, 0.1) is 11.8 Å². The summed E-state index contributed by atoms with van der Waals surface area (Å²) in [7, 11) is -3.16. The molecule has 3 nitrogen and oxygen atoms in total. The van der Waals surface area contributed by atoms with Crippen LogP contribution in [-0.2, 0) is 9.84 Å². The first-order chi connectivity index (χ1) is 10.1. The van der Waals surface area contributed by atoms with E-state index in [-0.39, 0.29) is 5.75 Å². The first-order valence-electron chi connectivity index (χ1n) is 8.18. The number of benzene rings is 1. The Morgan fingerprint density at radius 2 is 1.86 bits per heavy atom. The molecule has 4 heteroatoms. The molecule has 0 aromatic heterocycles. The third-order valence-corrected chi connectivity index (χ3v) is 6.75. The summed E-state index contributed by atoms with van der Waals surface area (Å²) in [5.74, 6) is 1.96. The molecular weight excluding hydrogens is 282 g/mol. The third kappa shape index (κ3) is 3.42. The van der Waals surface area contributed by atoms with Gasteiger partial charge in [-0.3, -0.25) is 0 Å². The number of sulfone groups is 1. The number of para-hydroxylation sites is 1. The van der Waals surface area contributed by atoms with Gasteiger partial charge in [-0.05, 0) is 49.7 Å². The van der Waals surface area contributed by atoms with Crippen molar-refractivity contribution in [2.75, 3.05) is 11.1 Å². The zero-order chi connectivity index (χ0) is 14.9. The third-order valence-electron chi connectivity index (χ3n) is 4.97. The Morgan fingerprint density at radius 3 is 2.57 bits per heavy atom. The average Bonchev–Trinajstić information content (AvgIpc) is 3.33. The van der Waals surface area contributed by atoms with Crippen LogP contribution < -0.4 is 5.32 Å². The molecule has 0 amide bonds. The lowest BCUT2D eigenvalue weighted by Gasteiger charge is -2.31. The number of hydrogen-bond acceptors (Lipinski definition) is 3. The van der Waals surface area contributed by atoms with Gasteiger partial charge in [-0.25, -0.2) is 8.42 Å². The van der Waals surface area contributed by atoms with E-state index in [0.29, 0.717) is 10.9 Å². The van der Waals surface area contributed by atoms with Crippen molar-refractivity contribution in [1.82, 2.24) is 0 Å². The molecule has 0 bridgehead atoms. The summed E-state index contributed by atoms with van der Waals surface area (Å²) in [5, 5.41) is 3.52. The largest absolute Gasteiger partial charge is 0.381 e. The van der Waals surface area contributed by atoms with E-state index in [0.717, 1.165) is 23.9 Å². The summed E-state index contributed by atoms with van der Waals surface area (Å²) in [6.07, 6.45) is 7.78. The quantitative estimate of drug-likeness (QED) is 0.898. The minimum Gasteiger partial charge on any atom is -0.381 e. The standard InChI is InChI=1S/C17H25NO2S/c1-2-21(19,20)17-9-4-3-8-16(17)18-15-7-5-6-14(12-15)13-10-11-13/h3-4,8-9,13-15,18H,2,5-7,10-12H2,1H3. The molecule has 2 atom stereocenters. The van der Waals surface area contributed by atoms with Gasteiger partial charge < -0.3 is 5.32 Å². The van der Waals surface area contributed by atoms with E-state index >= 15 is 0 Å². The molecule has 3 rings (SSSR count). The molecule has 21 heavy (non-hydrogen) atoms. The van der Waals surface area contributed by atoms with E-state index in [1.807, 2.05) is 18.2 Å². The molecule has 1 N–H and O–H groups in total. The predicted octanol–water partition coefficient (Wildman–Crippen LogP) is 3.86. The lowest BCUT2D eigenvalue weighted by Crippen LogP contribution is -2.28. The zero-order valence-corrected chi connectivity index (χ0v) is 13.5. The Morgan fingerprint density at radius 1 is 1.10 bits per heavy atom. The Labute approximate surface area is 128 Å². The molecule has 1 aromatic rings. The van der Waals surface area contributed by atoms with Crippen LogP contribution in [0.3, 0.4) is 0 Å². The fraction of sp³-hybridized carbons (Fsp3) is 0.647. The van der Waals surface area contributed by atoms with Gasteiger partial charge in [0.25, 0.3) is 0 Å². The summed E-state index contributed by atoms with van der Waals surface area (Å²) in [4.78, 5) is 0.459. The minimum atomic E-state index is -3.16. The Balaban J connectivity index is 1.75. The van der Waals surface area contributed by atoms with Crippen molar-refractivity contribution in [3.63, 3.8) is 0 Å². The van der Waals surface area contributed by atoms with Gasteiger partial charge in [0.05, 0.1) is 16.3 Å². The van der Waals surface area contributed by atoms with E-state index in [1.165, 1.54) is 32.1 Å². The van der Waals surface area contributed by atoms with Crippen molar-refractivity contribution in [1.29, 1.82) is 0 Å². The van der Waals surface area contributed by atoms with Crippen molar-refractivity contribution in [3.05, 3.63) is 24.3 Å². The fourth-order valence-electron chi connectivity index (χ4n) is 3.59. The molecule has 0 aliphatic heterocycles. The molecule has 2 aliphatic carbocycles. The SMILES string of the molecule is CCS(=O)(=O)c1ccccc1NC1CCCC(C2CC2)C1. The van der Waals surface area contributed by atoms with Crippen molar-refractivity contribution in [2.45, 2.75) is 56.4 Å². The summed E-state index contributed by atoms with van der Waals surface area (Å²) in [5.41, 5.74) is 0.792. The minimum absolute atomic E-state index is 0.154. The second kappa shape index (κ2) is 5.99. The van der Waals surface area contributed by atoms with Crippen molar-refractivity contribution in [2.24, 2.45) is 11.8 Å². The second-order valence-electron chi connectivity index (χ2n) is 6.50. The van der Waals surface area contributed by atoms with Gasteiger partial charge in [0.2, 0.25) is 0 Å². The summed E-state index contributed by atoms with van der Waals surface area (Å²) >= 11 is 0. The highest BCUT2D eigenvalue weighted by molar-refractivity contribution is 7.91. The van der Waals surface area contributed by atoms with Crippen LogP contribution in [0.15, 0.2) is 29.2 Å². The van der Waals surface area contributed by atoms with Crippen LogP contribution in [0.5, 0.6) is 0 Å². The normalized spacial score (nSPS) is 26.5. The Kier molecular flexibility index (Phi) is 4.25. The van der Waals surface area contributed by atoms with Gasteiger partial charge >= 0.3 is 0 Å². The van der Waals surface area contributed by atoms with Gasteiger partial charge in [-0.2, -0.15) is 0 Å². The summed E-state index contributed by atoms with van der Waals surface area (Å²) < 4.78 is 24.4. The molecule has 2 fully saturated rings. The highest BCUT2D eigenvalue weighted by Crippen LogP contribution is 2.44. The smallest absolute Gasteiger partial charge is 0.180 e. The second-order valence-corrected chi connectivity index (χ2v) is 8.75. The van der Waals surface area contributed by atoms with Crippen molar-refractivity contribution >= 4 is 15.5 Å². The van der Waals surface area contributed by atoms with Crippen molar-refractivity contribution < 1.29 is 8.42 Å².